The lowest BCUT2D eigenvalue weighted by atomic mass is 10.0. The van der Waals surface area contributed by atoms with Crippen molar-refractivity contribution in [3.8, 4) is 11.5 Å². The average Bonchev–Trinajstić information content (AvgIpc) is 2.74. The second-order valence-corrected chi connectivity index (χ2v) is 6.76. The number of rotatable bonds is 10. The monoisotopic (exact) mass is 360 g/mol. The first-order valence-corrected chi connectivity index (χ1v) is 9.83. The second kappa shape index (κ2) is 10.4. The van der Waals surface area contributed by atoms with E-state index in [1.807, 2.05) is 48.5 Å². The lowest BCUT2D eigenvalue weighted by Gasteiger charge is -2.20. The summed E-state index contributed by atoms with van der Waals surface area (Å²) in [7, 11) is 0. The van der Waals surface area contributed by atoms with E-state index in [4.69, 9.17) is 9.47 Å². The van der Waals surface area contributed by atoms with Crippen LogP contribution >= 0.6 is 0 Å². The Kier molecular flexibility index (Phi) is 7.34. The molecule has 3 aromatic carbocycles. The maximum absolute atomic E-state index is 6.31. The predicted molar refractivity (Wildman–Crippen MR) is 111 cm³/mol. The van der Waals surface area contributed by atoms with Crippen LogP contribution in [0.1, 0.15) is 49.8 Å². The maximum atomic E-state index is 6.31. The summed E-state index contributed by atoms with van der Waals surface area (Å²) in [6.45, 7) is 2.80. The van der Waals surface area contributed by atoms with Gasteiger partial charge in [-0.05, 0) is 48.2 Å². The molecule has 0 bridgehead atoms. The molecule has 3 rings (SSSR count). The Morgan fingerprint density at radius 3 is 2.00 bits per heavy atom. The fourth-order valence-corrected chi connectivity index (χ4v) is 3.06. The van der Waals surface area contributed by atoms with Crippen LogP contribution in [0.2, 0.25) is 0 Å². The quantitative estimate of drug-likeness (QED) is 0.364. The molecule has 0 heterocycles. The van der Waals surface area contributed by atoms with Crippen molar-refractivity contribution in [3.05, 3.63) is 96.1 Å². The maximum Gasteiger partial charge on any atom is 0.124 e. The highest BCUT2D eigenvalue weighted by Gasteiger charge is 2.13. The smallest absolute Gasteiger partial charge is 0.124 e. The van der Waals surface area contributed by atoms with Crippen LogP contribution < -0.4 is 9.47 Å². The van der Waals surface area contributed by atoms with Crippen LogP contribution in [0.4, 0.5) is 0 Å². The average molecular weight is 360 g/mol. The van der Waals surface area contributed by atoms with Crippen LogP contribution in [0.15, 0.2) is 84.9 Å². The Morgan fingerprint density at radius 2 is 1.33 bits per heavy atom. The van der Waals surface area contributed by atoms with Crippen molar-refractivity contribution in [2.75, 3.05) is 0 Å². The molecular weight excluding hydrogens is 332 g/mol. The van der Waals surface area contributed by atoms with Crippen LogP contribution in [-0.2, 0) is 6.61 Å². The van der Waals surface area contributed by atoms with E-state index in [1.165, 1.54) is 24.8 Å². The van der Waals surface area contributed by atoms with E-state index in [1.54, 1.807) is 0 Å². The fourth-order valence-electron chi connectivity index (χ4n) is 3.06. The summed E-state index contributed by atoms with van der Waals surface area (Å²) in [6.07, 6.45) is 4.75. The van der Waals surface area contributed by atoms with Crippen molar-refractivity contribution in [2.24, 2.45) is 0 Å². The Morgan fingerprint density at radius 1 is 0.704 bits per heavy atom. The van der Waals surface area contributed by atoms with E-state index in [-0.39, 0.29) is 6.10 Å². The van der Waals surface area contributed by atoms with Crippen LogP contribution in [0.25, 0.3) is 0 Å². The van der Waals surface area contributed by atoms with Crippen molar-refractivity contribution in [3.63, 3.8) is 0 Å². The summed E-state index contributed by atoms with van der Waals surface area (Å²) in [4.78, 5) is 0. The normalized spacial score (nSPS) is 11.7. The number of unbranched alkanes of at least 4 members (excludes halogenated alkanes) is 2. The molecule has 0 aliphatic carbocycles. The molecule has 1 atom stereocenters. The van der Waals surface area contributed by atoms with Gasteiger partial charge in [0.2, 0.25) is 0 Å². The van der Waals surface area contributed by atoms with Gasteiger partial charge >= 0.3 is 0 Å². The van der Waals surface area contributed by atoms with Crippen LogP contribution in [0.3, 0.4) is 0 Å². The minimum atomic E-state index is 0.0915. The SMILES string of the molecule is CCCCCC(Oc1ccc(OCc2ccccc2)cc1)c1ccccc1. The molecule has 2 nitrogen and oxygen atoms in total. The number of benzene rings is 3. The van der Waals surface area contributed by atoms with Gasteiger partial charge in [0.25, 0.3) is 0 Å². The van der Waals surface area contributed by atoms with Gasteiger partial charge in [0.15, 0.2) is 0 Å². The summed E-state index contributed by atoms with van der Waals surface area (Å²) >= 11 is 0. The van der Waals surface area contributed by atoms with Gasteiger partial charge in [0.05, 0.1) is 0 Å². The summed E-state index contributed by atoms with van der Waals surface area (Å²) in [5.74, 6) is 1.74. The van der Waals surface area contributed by atoms with Crippen molar-refractivity contribution >= 4 is 0 Å². The van der Waals surface area contributed by atoms with E-state index in [9.17, 15) is 0 Å². The third-order valence-corrected chi connectivity index (χ3v) is 4.59. The molecule has 3 aromatic rings. The highest BCUT2D eigenvalue weighted by atomic mass is 16.5. The van der Waals surface area contributed by atoms with Gasteiger partial charge in [-0.2, -0.15) is 0 Å². The van der Waals surface area contributed by atoms with E-state index in [0.717, 1.165) is 23.5 Å². The third kappa shape index (κ3) is 6.18. The van der Waals surface area contributed by atoms with Gasteiger partial charge in [-0.25, -0.2) is 0 Å². The van der Waals surface area contributed by atoms with Crippen molar-refractivity contribution in [2.45, 2.75) is 45.3 Å². The summed E-state index contributed by atoms with van der Waals surface area (Å²) < 4.78 is 12.2. The first-order valence-electron chi connectivity index (χ1n) is 9.83. The largest absolute Gasteiger partial charge is 0.489 e. The molecule has 0 saturated heterocycles. The first-order chi connectivity index (χ1) is 13.3. The predicted octanol–water partition coefficient (Wildman–Crippen LogP) is 6.97. The highest BCUT2D eigenvalue weighted by molar-refractivity contribution is 5.32. The second-order valence-electron chi connectivity index (χ2n) is 6.76. The molecule has 0 saturated carbocycles. The minimum absolute atomic E-state index is 0.0915. The molecule has 27 heavy (non-hydrogen) atoms. The Balaban J connectivity index is 1.60. The number of hydrogen-bond donors (Lipinski definition) is 0. The lowest BCUT2D eigenvalue weighted by molar-refractivity contribution is 0.190. The van der Waals surface area contributed by atoms with Gasteiger partial charge in [-0.15, -0.1) is 0 Å². The third-order valence-electron chi connectivity index (χ3n) is 4.59. The van der Waals surface area contributed by atoms with Gasteiger partial charge in [-0.3, -0.25) is 0 Å². The van der Waals surface area contributed by atoms with E-state index in [0.29, 0.717) is 6.61 Å². The molecule has 0 spiro atoms. The Hall–Kier alpha value is -2.74. The molecule has 0 N–H and O–H groups in total. The van der Waals surface area contributed by atoms with Crippen molar-refractivity contribution in [1.29, 1.82) is 0 Å². The zero-order chi connectivity index (χ0) is 18.7. The lowest BCUT2D eigenvalue weighted by Crippen LogP contribution is -2.07. The van der Waals surface area contributed by atoms with Gasteiger partial charge in [-0.1, -0.05) is 80.4 Å². The summed E-state index contributed by atoms with van der Waals surface area (Å²) in [5.41, 5.74) is 2.40. The fraction of sp³-hybridized carbons (Fsp3) is 0.280. The highest BCUT2D eigenvalue weighted by Crippen LogP contribution is 2.28. The van der Waals surface area contributed by atoms with Crippen LogP contribution in [0, 0.1) is 0 Å². The molecule has 2 heteroatoms. The molecule has 1 unspecified atom stereocenters. The molecule has 0 aliphatic heterocycles. The van der Waals surface area contributed by atoms with E-state index < -0.39 is 0 Å². The van der Waals surface area contributed by atoms with E-state index in [2.05, 4.69) is 43.3 Å². The van der Waals surface area contributed by atoms with Gasteiger partial charge in [0.1, 0.15) is 24.2 Å². The standard InChI is InChI=1S/C25H28O2/c1-2-3-6-15-25(22-13-9-5-10-14-22)27-24-18-16-23(17-19-24)26-20-21-11-7-4-8-12-21/h4-5,7-14,16-19,25H,2-3,6,15,20H2,1H3. The first kappa shape index (κ1) is 19.0. The van der Waals surface area contributed by atoms with Crippen molar-refractivity contribution in [1.82, 2.24) is 0 Å². The Labute approximate surface area is 162 Å². The van der Waals surface area contributed by atoms with Crippen LogP contribution in [0.5, 0.6) is 11.5 Å². The molecule has 0 aliphatic rings. The Bertz CT molecular complexity index is 766. The number of hydrogen-bond acceptors (Lipinski definition) is 2. The molecule has 0 amide bonds. The molecule has 0 fully saturated rings. The zero-order valence-corrected chi connectivity index (χ0v) is 16.0. The van der Waals surface area contributed by atoms with Crippen molar-refractivity contribution < 1.29 is 9.47 Å². The van der Waals surface area contributed by atoms with Gasteiger partial charge in [0, 0.05) is 0 Å². The molecule has 0 aromatic heterocycles. The molecule has 0 radical (unpaired) electrons. The zero-order valence-electron chi connectivity index (χ0n) is 16.0. The molecular formula is C25H28O2. The number of ether oxygens (including phenoxy) is 2. The van der Waals surface area contributed by atoms with Crippen LogP contribution in [-0.4, -0.2) is 0 Å². The summed E-state index contributed by atoms with van der Waals surface area (Å²) in [5, 5.41) is 0. The molecule has 140 valence electrons. The topological polar surface area (TPSA) is 18.5 Å². The van der Waals surface area contributed by atoms with Gasteiger partial charge < -0.3 is 9.47 Å². The minimum Gasteiger partial charge on any atom is -0.489 e. The van der Waals surface area contributed by atoms with E-state index >= 15 is 0 Å². The summed E-state index contributed by atoms with van der Waals surface area (Å²) in [6, 6.07) is 28.6.